The minimum Gasteiger partial charge on any atom is -0.402 e. The fourth-order valence-electron chi connectivity index (χ4n) is 0.282. The lowest BCUT2D eigenvalue weighted by atomic mass is 10.5. The van der Waals surface area contributed by atoms with Gasteiger partial charge in [-0.15, -0.1) is 0 Å². The van der Waals surface area contributed by atoms with Gasteiger partial charge in [0, 0.05) is 17.6 Å². The number of allylic oxidation sites excluding steroid dienone is 3. The van der Waals surface area contributed by atoms with Crippen LogP contribution in [0.15, 0.2) is 29.0 Å². The molecule has 0 bridgehead atoms. The first-order valence-corrected chi connectivity index (χ1v) is 2.75. The Morgan fingerprint density at radius 1 is 1.56 bits per heavy atom. The van der Waals surface area contributed by atoms with Gasteiger partial charge in [-0.2, -0.15) is 0 Å². The zero-order valence-electron chi connectivity index (χ0n) is 5.89. The maximum absolute atomic E-state index is 5.32. The van der Waals surface area contributed by atoms with Gasteiger partial charge >= 0.3 is 0 Å². The molecule has 0 aromatic carbocycles. The number of aliphatic imine (C=N–C) groups is 1. The molecule has 0 unspecified atom stereocenters. The van der Waals surface area contributed by atoms with Crippen LogP contribution in [0.5, 0.6) is 0 Å². The number of rotatable bonds is 2. The highest BCUT2D eigenvalue weighted by Crippen LogP contribution is 1.85. The molecule has 0 radical (unpaired) electrons. The fraction of sp³-hybridized carbons (Fsp3) is 0.286. The molecule has 0 atom stereocenters. The Bertz CT molecular complexity index is 150. The van der Waals surface area contributed by atoms with E-state index in [0.717, 1.165) is 11.4 Å². The molecular formula is C7H12N2. The highest BCUT2D eigenvalue weighted by Gasteiger charge is 1.72. The van der Waals surface area contributed by atoms with Crippen LogP contribution in [0, 0.1) is 0 Å². The summed E-state index contributed by atoms with van der Waals surface area (Å²) >= 11 is 0. The lowest BCUT2D eigenvalue weighted by Gasteiger charge is -1.83. The van der Waals surface area contributed by atoms with Gasteiger partial charge < -0.3 is 5.73 Å². The van der Waals surface area contributed by atoms with Crippen LogP contribution in [0.2, 0.25) is 0 Å². The van der Waals surface area contributed by atoms with Crippen molar-refractivity contribution in [2.75, 3.05) is 0 Å². The predicted octanol–water partition coefficient (Wildman–Crippen LogP) is 1.45. The zero-order chi connectivity index (χ0) is 7.28. The van der Waals surface area contributed by atoms with Crippen molar-refractivity contribution in [3.8, 4) is 0 Å². The van der Waals surface area contributed by atoms with Crippen molar-refractivity contribution in [1.82, 2.24) is 0 Å². The van der Waals surface area contributed by atoms with Gasteiger partial charge in [-0.05, 0) is 19.9 Å². The second-order valence-corrected chi connectivity index (χ2v) is 1.92. The zero-order valence-corrected chi connectivity index (χ0v) is 5.89. The normalized spacial score (nSPS) is 12.4. The molecule has 0 saturated carbocycles. The number of hydrogen-bond acceptors (Lipinski definition) is 2. The third-order valence-electron chi connectivity index (χ3n) is 0.632. The van der Waals surface area contributed by atoms with Crippen LogP contribution in [-0.2, 0) is 0 Å². The Hall–Kier alpha value is -1.05. The van der Waals surface area contributed by atoms with Crippen LogP contribution in [-0.4, -0.2) is 6.21 Å². The number of hydrogen-bond donors (Lipinski definition) is 1. The first-order valence-electron chi connectivity index (χ1n) is 2.75. The first kappa shape index (κ1) is 7.95. The largest absolute Gasteiger partial charge is 0.402 e. The second-order valence-electron chi connectivity index (χ2n) is 1.92. The maximum atomic E-state index is 5.32. The molecule has 0 aliphatic heterocycles. The van der Waals surface area contributed by atoms with Crippen LogP contribution in [0.3, 0.4) is 0 Å². The molecule has 2 nitrogen and oxygen atoms in total. The topological polar surface area (TPSA) is 38.4 Å². The molecule has 0 amide bonds. The third-order valence-corrected chi connectivity index (χ3v) is 0.632. The minimum atomic E-state index is 0.750. The molecule has 0 aromatic heterocycles. The van der Waals surface area contributed by atoms with E-state index in [2.05, 4.69) is 11.6 Å². The van der Waals surface area contributed by atoms with E-state index in [-0.39, 0.29) is 0 Å². The Kier molecular flexibility index (Phi) is 3.44. The molecule has 0 rings (SSSR count). The minimum absolute atomic E-state index is 0.750. The quantitative estimate of drug-likeness (QED) is 0.556. The van der Waals surface area contributed by atoms with Crippen LogP contribution in [0.4, 0.5) is 0 Å². The third kappa shape index (κ3) is 6.95. The van der Waals surface area contributed by atoms with Gasteiger partial charge in [-0.1, -0.05) is 6.58 Å². The molecule has 0 spiro atoms. The predicted molar refractivity (Wildman–Crippen MR) is 41.3 cm³/mol. The molecule has 2 N–H and O–H groups in total. The summed E-state index contributed by atoms with van der Waals surface area (Å²) < 4.78 is 0. The van der Waals surface area contributed by atoms with Crippen LogP contribution in [0.25, 0.3) is 0 Å². The average molecular weight is 124 g/mol. The van der Waals surface area contributed by atoms with Gasteiger partial charge in [0.25, 0.3) is 0 Å². The molecule has 0 saturated heterocycles. The van der Waals surface area contributed by atoms with Crippen LogP contribution >= 0.6 is 0 Å². The van der Waals surface area contributed by atoms with E-state index in [9.17, 15) is 0 Å². The maximum Gasteiger partial charge on any atom is 0.0300 e. The Balaban J connectivity index is 3.74. The molecule has 2 heteroatoms. The van der Waals surface area contributed by atoms with Crippen molar-refractivity contribution in [2.24, 2.45) is 10.7 Å². The molecule has 0 fully saturated rings. The van der Waals surface area contributed by atoms with Gasteiger partial charge in [-0.3, -0.25) is 4.99 Å². The smallest absolute Gasteiger partial charge is 0.0300 e. The highest BCUT2D eigenvalue weighted by atomic mass is 14.7. The van der Waals surface area contributed by atoms with Crippen molar-refractivity contribution in [3.63, 3.8) is 0 Å². The summed E-state index contributed by atoms with van der Waals surface area (Å²) in [5.41, 5.74) is 6.85. The summed E-state index contributed by atoms with van der Waals surface area (Å²) in [5, 5.41) is 0. The van der Waals surface area contributed by atoms with Crippen molar-refractivity contribution < 1.29 is 0 Å². The summed E-state index contributed by atoms with van der Waals surface area (Å²) in [6.07, 6.45) is 3.37. The fourth-order valence-corrected chi connectivity index (χ4v) is 0.282. The van der Waals surface area contributed by atoms with Gasteiger partial charge in [0.2, 0.25) is 0 Å². The van der Waals surface area contributed by atoms with Crippen molar-refractivity contribution in [1.29, 1.82) is 0 Å². The summed E-state index contributed by atoms with van der Waals surface area (Å²) in [5.74, 6) is 0. The Morgan fingerprint density at radius 3 is 2.44 bits per heavy atom. The van der Waals surface area contributed by atoms with E-state index in [4.69, 9.17) is 5.73 Å². The van der Waals surface area contributed by atoms with Gasteiger partial charge in [-0.25, -0.2) is 0 Å². The Morgan fingerprint density at radius 2 is 2.11 bits per heavy atom. The van der Waals surface area contributed by atoms with Gasteiger partial charge in [0.1, 0.15) is 0 Å². The molecule has 0 aliphatic carbocycles. The SMILES string of the molecule is C=C(C)N=C/C=C(\C)N. The summed E-state index contributed by atoms with van der Waals surface area (Å²) in [7, 11) is 0. The van der Waals surface area contributed by atoms with E-state index >= 15 is 0 Å². The highest BCUT2D eigenvalue weighted by molar-refractivity contribution is 5.72. The lowest BCUT2D eigenvalue weighted by molar-refractivity contribution is 1.31. The molecule has 0 aromatic rings. The first-order chi connectivity index (χ1) is 4.13. The summed E-state index contributed by atoms with van der Waals surface area (Å²) in [4.78, 5) is 3.89. The van der Waals surface area contributed by atoms with Gasteiger partial charge in [0.05, 0.1) is 0 Å². The monoisotopic (exact) mass is 124 g/mol. The van der Waals surface area contributed by atoms with E-state index in [1.165, 1.54) is 0 Å². The van der Waals surface area contributed by atoms with Crippen molar-refractivity contribution >= 4 is 6.21 Å². The summed E-state index contributed by atoms with van der Waals surface area (Å²) in [6.45, 7) is 7.22. The van der Waals surface area contributed by atoms with Crippen LogP contribution < -0.4 is 5.73 Å². The molecule has 0 heterocycles. The summed E-state index contributed by atoms with van der Waals surface area (Å²) in [6, 6.07) is 0. The standard InChI is InChI=1S/C7H12N2/c1-6(2)9-5-4-7(3)8/h4-5H,1,8H2,2-3H3/b7-4+,9-5?. The van der Waals surface area contributed by atoms with E-state index in [0.29, 0.717) is 0 Å². The van der Waals surface area contributed by atoms with Crippen molar-refractivity contribution in [3.05, 3.63) is 24.0 Å². The molecular weight excluding hydrogens is 112 g/mol. The average Bonchev–Trinajstić information content (AvgIpc) is 1.63. The van der Waals surface area contributed by atoms with Gasteiger partial charge in [0.15, 0.2) is 0 Å². The van der Waals surface area contributed by atoms with E-state index < -0.39 is 0 Å². The second kappa shape index (κ2) is 3.89. The molecule has 0 aliphatic rings. The number of nitrogens with two attached hydrogens (primary N) is 1. The lowest BCUT2D eigenvalue weighted by Crippen LogP contribution is -1.89. The molecule has 9 heavy (non-hydrogen) atoms. The van der Waals surface area contributed by atoms with E-state index in [1.807, 2.05) is 13.8 Å². The Labute approximate surface area is 55.8 Å². The van der Waals surface area contributed by atoms with Crippen LogP contribution in [0.1, 0.15) is 13.8 Å². The molecule has 50 valence electrons. The van der Waals surface area contributed by atoms with Crippen molar-refractivity contribution in [2.45, 2.75) is 13.8 Å². The number of nitrogens with zero attached hydrogens (tertiary/aromatic N) is 1. The van der Waals surface area contributed by atoms with E-state index in [1.54, 1.807) is 12.3 Å².